The first kappa shape index (κ1) is 19.9. The van der Waals surface area contributed by atoms with Crippen LogP contribution in [0.3, 0.4) is 0 Å². The Labute approximate surface area is 166 Å². The zero-order valence-electron chi connectivity index (χ0n) is 16.0. The number of rotatable bonds is 6. The molecule has 2 aromatic rings. The molecule has 0 unspecified atom stereocenters. The molecule has 0 radical (unpaired) electrons. The number of ether oxygens (including phenoxy) is 3. The van der Waals surface area contributed by atoms with Crippen molar-refractivity contribution in [3.8, 4) is 11.5 Å². The van der Waals surface area contributed by atoms with Gasteiger partial charge in [0.1, 0.15) is 5.69 Å². The van der Waals surface area contributed by atoms with Crippen molar-refractivity contribution in [3.05, 3.63) is 52.1 Å². The number of nitrogens with zero attached hydrogens (tertiary/aromatic N) is 2. The summed E-state index contributed by atoms with van der Waals surface area (Å²) in [7, 11) is 3.31. The van der Waals surface area contributed by atoms with E-state index in [1.165, 1.54) is 19.1 Å². The SMILES string of the molecule is C[C@@H](OC(=O)c1ccc(N(C)C)c([N+](=O)[O-])c1)C(=O)Nc1ccc2c(c1)OCO2. The molecule has 3 rings (SSSR count). The normalized spacial score (nSPS) is 12.8. The minimum absolute atomic E-state index is 0.0231. The van der Waals surface area contributed by atoms with Gasteiger partial charge in [-0.05, 0) is 31.2 Å². The van der Waals surface area contributed by atoms with Crippen LogP contribution in [0.5, 0.6) is 11.5 Å². The first-order valence-electron chi connectivity index (χ1n) is 8.63. The summed E-state index contributed by atoms with van der Waals surface area (Å²) in [6.07, 6.45) is -1.12. The minimum atomic E-state index is -1.12. The van der Waals surface area contributed by atoms with Gasteiger partial charge in [0.15, 0.2) is 17.6 Å². The van der Waals surface area contributed by atoms with Gasteiger partial charge in [0.25, 0.3) is 11.6 Å². The van der Waals surface area contributed by atoms with Crippen molar-refractivity contribution in [2.45, 2.75) is 13.0 Å². The van der Waals surface area contributed by atoms with Gasteiger partial charge in [0.05, 0.1) is 10.5 Å². The Morgan fingerprint density at radius 1 is 1.17 bits per heavy atom. The van der Waals surface area contributed by atoms with Gasteiger partial charge < -0.3 is 24.4 Å². The minimum Gasteiger partial charge on any atom is -0.454 e. The Morgan fingerprint density at radius 2 is 1.90 bits per heavy atom. The van der Waals surface area contributed by atoms with Crippen molar-refractivity contribution in [1.82, 2.24) is 0 Å². The van der Waals surface area contributed by atoms with Crippen LogP contribution in [-0.2, 0) is 9.53 Å². The zero-order chi connectivity index (χ0) is 21.1. The van der Waals surface area contributed by atoms with E-state index in [0.717, 1.165) is 6.07 Å². The first-order valence-corrected chi connectivity index (χ1v) is 8.63. The molecule has 1 N–H and O–H groups in total. The van der Waals surface area contributed by atoms with E-state index < -0.39 is 22.9 Å². The lowest BCUT2D eigenvalue weighted by atomic mass is 10.1. The standard InChI is InChI=1S/C19H19N3O7/c1-11(18(23)20-13-5-7-16-17(9-13)28-10-27-16)29-19(24)12-4-6-14(21(2)3)15(8-12)22(25)26/h4-9,11H,10H2,1-3H3,(H,20,23)/t11-/m1/s1. The van der Waals surface area contributed by atoms with E-state index in [4.69, 9.17) is 14.2 Å². The maximum Gasteiger partial charge on any atom is 0.339 e. The van der Waals surface area contributed by atoms with E-state index in [0.29, 0.717) is 22.9 Å². The highest BCUT2D eigenvalue weighted by Gasteiger charge is 2.23. The topological polar surface area (TPSA) is 120 Å². The van der Waals surface area contributed by atoms with Crippen molar-refractivity contribution >= 4 is 28.9 Å². The number of hydrogen-bond acceptors (Lipinski definition) is 8. The average Bonchev–Trinajstić information content (AvgIpc) is 3.15. The van der Waals surface area contributed by atoms with Gasteiger partial charge >= 0.3 is 5.97 Å². The fourth-order valence-corrected chi connectivity index (χ4v) is 2.68. The van der Waals surface area contributed by atoms with Gasteiger partial charge in [-0.15, -0.1) is 0 Å². The van der Waals surface area contributed by atoms with E-state index in [1.54, 1.807) is 37.2 Å². The second kappa shape index (κ2) is 8.05. The lowest BCUT2D eigenvalue weighted by Gasteiger charge is -2.15. The highest BCUT2D eigenvalue weighted by Crippen LogP contribution is 2.34. The van der Waals surface area contributed by atoms with Gasteiger partial charge in [0, 0.05) is 31.9 Å². The van der Waals surface area contributed by atoms with Crippen molar-refractivity contribution in [2.75, 3.05) is 31.1 Å². The number of esters is 1. The molecule has 1 atom stereocenters. The lowest BCUT2D eigenvalue weighted by molar-refractivity contribution is -0.384. The molecule has 0 saturated heterocycles. The Balaban J connectivity index is 1.67. The van der Waals surface area contributed by atoms with Crippen LogP contribution >= 0.6 is 0 Å². The monoisotopic (exact) mass is 401 g/mol. The van der Waals surface area contributed by atoms with Crippen LogP contribution in [0.4, 0.5) is 17.1 Å². The number of fused-ring (bicyclic) bond motifs is 1. The summed E-state index contributed by atoms with van der Waals surface area (Å²) in [5, 5.41) is 13.9. The molecule has 0 fully saturated rings. The molecular formula is C19H19N3O7. The van der Waals surface area contributed by atoms with Crippen LogP contribution in [0, 0.1) is 10.1 Å². The molecule has 0 bridgehead atoms. The van der Waals surface area contributed by atoms with Crippen LogP contribution in [0.1, 0.15) is 17.3 Å². The van der Waals surface area contributed by atoms with Crippen LogP contribution in [0.15, 0.2) is 36.4 Å². The van der Waals surface area contributed by atoms with E-state index >= 15 is 0 Å². The van der Waals surface area contributed by atoms with E-state index in [1.807, 2.05) is 0 Å². The molecule has 1 heterocycles. The molecule has 0 saturated carbocycles. The van der Waals surface area contributed by atoms with Gasteiger partial charge in [-0.1, -0.05) is 0 Å². The molecule has 152 valence electrons. The van der Waals surface area contributed by atoms with Crippen LogP contribution < -0.4 is 19.7 Å². The molecule has 2 aromatic carbocycles. The second-order valence-electron chi connectivity index (χ2n) is 6.46. The zero-order valence-corrected chi connectivity index (χ0v) is 16.0. The third-order valence-corrected chi connectivity index (χ3v) is 4.18. The van der Waals surface area contributed by atoms with Crippen LogP contribution in [-0.4, -0.2) is 43.8 Å². The number of carbonyl (C=O) groups excluding carboxylic acids is 2. The first-order chi connectivity index (χ1) is 13.8. The molecular weight excluding hydrogens is 382 g/mol. The molecule has 29 heavy (non-hydrogen) atoms. The second-order valence-corrected chi connectivity index (χ2v) is 6.46. The highest BCUT2D eigenvalue weighted by atomic mass is 16.7. The Morgan fingerprint density at radius 3 is 2.59 bits per heavy atom. The molecule has 0 aliphatic carbocycles. The average molecular weight is 401 g/mol. The molecule has 1 aliphatic heterocycles. The van der Waals surface area contributed by atoms with E-state index in [-0.39, 0.29) is 18.0 Å². The predicted molar refractivity (Wildman–Crippen MR) is 103 cm³/mol. The molecule has 0 spiro atoms. The summed E-state index contributed by atoms with van der Waals surface area (Å²) in [6.45, 7) is 1.52. The number of carbonyl (C=O) groups is 2. The Kier molecular flexibility index (Phi) is 5.53. The summed E-state index contributed by atoms with van der Waals surface area (Å²) < 4.78 is 15.6. The van der Waals surface area contributed by atoms with Crippen molar-refractivity contribution in [1.29, 1.82) is 0 Å². The van der Waals surface area contributed by atoms with Crippen LogP contribution in [0.2, 0.25) is 0 Å². The van der Waals surface area contributed by atoms with Crippen LogP contribution in [0.25, 0.3) is 0 Å². The van der Waals surface area contributed by atoms with Crippen molar-refractivity contribution in [2.24, 2.45) is 0 Å². The smallest absolute Gasteiger partial charge is 0.339 e. The lowest BCUT2D eigenvalue weighted by Crippen LogP contribution is -2.30. The third-order valence-electron chi connectivity index (χ3n) is 4.18. The van der Waals surface area contributed by atoms with Crippen molar-refractivity contribution < 1.29 is 28.7 Å². The maximum atomic E-state index is 12.3. The number of hydrogen-bond donors (Lipinski definition) is 1. The highest BCUT2D eigenvalue weighted by molar-refractivity contribution is 5.98. The van der Waals surface area contributed by atoms with E-state index in [2.05, 4.69) is 5.32 Å². The summed E-state index contributed by atoms with van der Waals surface area (Å²) in [6, 6.07) is 8.86. The number of benzene rings is 2. The quantitative estimate of drug-likeness (QED) is 0.445. The number of nitro groups is 1. The van der Waals surface area contributed by atoms with Gasteiger partial charge in [-0.2, -0.15) is 0 Å². The Hall–Kier alpha value is -3.82. The maximum absolute atomic E-state index is 12.3. The number of anilines is 2. The third kappa shape index (κ3) is 4.37. The van der Waals surface area contributed by atoms with Gasteiger partial charge in [-0.25, -0.2) is 4.79 Å². The molecule has 10 nitrogen and oxygen atoms in total. The summed E-state index contributed by atoms with van der Waals surface area (Å²) in [5.74, 6) is -0.325. The summed E-state index contributed by atoms with van der Waals surface area (Å²) in [5.41, 5.74) is 0.542. The Bertz CT molecular complexity index is 974. The largest absolute Gasteiger partial charge is 0.454 e. The fourth-order valence-electron chi connectivity index (χ4n) is 2.68. The molecule has 10 heteroatoms. The fraction of sp³-hybridized carbons (Fsp3) is 0.263. The van der Waals surface area contributed by atoms with Gasteiger partial charge in [-0.3, -0.25) is 14.9 Å². The van der Waals surface area contributed by atoms with E-state index in [9.17, 15) is 19.7 Å². The summed E-state index contributed by atoms with van der Waals surface area (Å²) in [4.78, 5) is 36.9. The van der Waals surface area contributed by atoms with Crippen molar-refractivity contribution in [3.63, 3.8) is 0 Å². The molecule has 1 aliphatic rings. The molecule has 0 aromatic heterocycles. The summed E-state index contributed by atoms with van der Waals surface area (Å²) >= 11 is 0. The molecule has 1 amide bonds. The number of amides is 1. The number of nitro benzene ring substituents is 1. The predicted octanol–water partition coefficient (Wildman–Crippen LogP) is 2.57. The number of nitrogens with one attached hydrogen (secondary N) is 1. The van der Waals surface area contributed by atoms with Gasteiger partial charge in [0.2, 0.25) is 6.79 Å².